The van der Waals surface area contributed by atoms with Gasteiger partial charge < -0.3 is 4.55 Å². The van der Waals surface area contributed by atoms with Crippen LogP contribution in [0.2, 0.25) is 0 Å². The number of rotatable bonds is 3. The third kappa shape index (κ3) is 9.58. The SMILES string of the molecule is CCCCS(=O)(=O)[O-].C[N+]1(C)C=CN=C1. The van der Waals surface area contributed by atoms with E-state index in [4.69, 9.17) is 0 Å². The van der Waals surface area contributed by atoms with Crippen LogP contribution in [-0.2, 0) is 10.1 Å². The third-order valence-corrected chi connectivity index (χ3v) is 2.44. The van der Waals surface area contributed by atoms with Crippen molar-refractivity contribution in [1.29, 1.82) is 0 Å². The molecule has 1 aliphatic rings. The van der Waals surface area contributed by atoms with Crippen LogP contribution in [0.4, 0.5) is 0 Å². The van der Waals surface area contributed by atoms with Crippen LogP contribution < -0.4 is 0 Å². The van der Waals surface area contributed by atoms with E-state index in [-0.39, 0.29) is 5.75 Å². The summed E-state index contributed by atoms with van der Waals surface area (Å²) >= 11 is 0. The van der Waals surface area contributed by atoms with Gasteiger partial charge in [0.1, 0.15) is 6.20 Å². The highest BCUT2D eigenvalue weighted by Crippen LogP contribution is 1.99. The Bertz CT molecular complexity index is 317. The molecule has 0 radical (unpaired) electrons. The Morgan fingerprint density at radius 2 is 2.00 bits per heavy atom. The highest BCUT2D eigenvalue weighted by molar-refractivity contribution is 7.85. The van der Waals surface area contributed by atoms with Crippen LogP contribution in [0.3, 0.4) is 0 Å². The minimum atomic E-state index is -3.94. The lowest BCUT2D eigenvalue weighted by molar-refractivity contribution is -0.732. The maximum Gasteiger partial charge on any atom is 0.194 e. The minimum absolute atomic E-state index is 0.219. The molecule has 0 saturated carbocycles. The smallest absolute Gasteiger partial charge is 0.194 e. The minimum Gasteiger partial charge on any atom is -0.748 e. The van der Waals surface area contributed by atoms with Crippen LogP contribution in [0, 0.1) is 0 Å². The molecule has 88 valence electrons. The maximum atomic E-state index is 9.83. The Kier molecular flexibility index (Phi) is 5.71. The first-order chi connectivity index (χ1) is 6.77. The monoisotopic (exact) mass is 234 g/mol. The molecule has 0 bridgehead atoms. The molecule has 0 aromatic rings. The lowest BCUT2D eigenvalue weighted by atomic mass is 10.4. The molecule has 6 heteroatoms. The molecule has 0 amide bonds. The van der Waals surface area contributed by atoms with E-state index in [0.717, 1.165) is 10.9 Å². The average molecular weight is 234 g/mol. The van der Waals surface area contributed by atoms with Crippen molar-refractivity contribution in [3.05, 3.63) is 12.4 Å². The fourth-order valence-corrected chi connectivity index (χ4v) is 1.42. The first-order valence-electron chi connectivity index (χ1n) is 4.76. The van der Waals surface area contributed by atoms with E-state index in [1.807, 2.05) is 19.5 Å². The summed E-state index contributed by atoms with van der Waals surface area (Å²) in [6, 6.07) is 0. The van der Waals surface area contributed by atoms with E-state index in [0.29, 0.717) is 6.42 Å². The van der Waals surface area contributed by atoms with Crippen LogP contribution in [0.15, 0.2) is 17.4 Å². The van der Waals surface area contributed by atoms with E-state index in [9.17, 15) is 13.0 Å². The third-order valence-electron chi connectivity index (χ3n) is 1.65. The highest BCUT2D eigenvalue weighted by Gasteiger charge is 2.09. The summed E-state index contributed by atoms with van der Waals surface area (Å²) in [5.74, 6) is -0.219. The van der Waals surface area contributed by atoms with Gasteiger partial charge in [0.25, 0.3) is 0 Å². The number of unbranched alkanes of at least 4 members (excludes halogenated alkanes) is 1. The quantitative estimate of drug-likeness (QED) is 0.538. The zero-order valence-electron chi connectivity index (χ0n) is 9.38. The van der Waals surface area contributed by atoms with Crippen LogP contribution in [-0.4, -0.2) is 43.6 Å². The second-order valence-electron chi connectivity index (χ2n) is 3.81. The van der Waals surface area contributed by atoms with Gasteiger partial charge in [0.05, 0.1) is 30.4 Å². The number of hydrogen-bond acceptors (Lipinski definition) is 4. The summed E-state index contributed by atoms with van der Waals surface area (Å²) in [6.07, 6.45) is 6.92. The lowest BCUT2D eigenvalue weighted by Gasteiger charge is -2.12. The van der Waals surface area contributed by atoms with Crippen molar-refractivity contribution < 1.29 is 17.5 Å². The van der Waals surface area contributed by atoms with Crippen molar-refractivity contribution in [2.45, 2.75) is 19.8 Å². The van der Waals surface area contributed by atoms with Crippen LogP contribution >= 0.6 is 0 Å². The highest BCUT2D eigenvalue weighted by atomic mass is 32.2. The van der Waals surface area contributed by atoms with Gasteiger partial charge in [-0.25, -0.2) is 13.4 Å². The van der Waals surface area contributed by atoms with Crippen molar-refractivity contribution >= 4 is 16.5 Å². The molecular formula is C9H18N2O3S. The van der Waals surface area contributed by atoms with Crippen LogP contribution in [0.25, 0.3) is 0 Å². The first kappa shape index (κ1) is 14.3. The summed E-state index contributed by atoms with van der Waals surface area (Å²) in [6.45, 7) is 1.84. The summed E-state index contributed by atoms with van der Waals surface area (Å²) in [4.78, 5) is 3.90. The molecule has 0 aliphatic carbocycles. The van der Waals surface area contributed by atoms with Crippen molar-refractivity contribution in [3.8, 4) is 0 Å². The standard InChI is InChI=1S/C5H9N2.C4H10O3S/c1-7(2)4-3-6-5-7;1-2-3-4-8(5,6)7/h3-5H,1-2H3;2-4H2,1H3,(H,5,6,7)/q+1;/p-1. The molecule has 1 rings (SSSR count). The topological polar surface area (TPSA) is 69.6 Å². The summed E-state index contributed by atoms with van der Waals surface area (Å²) in [5.41, 5.74) is 0. The Balaban J connectivity index is 0.000000262. The van der Waals surface area contributed by atoms with Gasteiger partial charge in [-0.15, -0.1) is 0 Å². The molecule has 0 N–H and O–H groups in total. The van der Waals surface area contributed by atoms with Gasteiger partial charge in [0.15, 0.2) is 6.34 Å². The van der Waals surface area contributed by atoms with E-state index in [1.165, 1.54) is 0 Å². The fourth-order valence-electron chi connectivity index (χ4n) is 0.780. The summed E-state index contributed by atoms with van der Waals surface area (Å²) in [5, 5.41) is 0. The molecule has 1 heterocycles. The Morgan fingerprint density at radius 3 is 2.13 bits per heavy atom. The van der Waals surface area contributed by atoms with Gasteiger partial charge in [-0.2, -0.15) is 0 Å². The predicted octanol–water partition coefficient (Wildman–Crippen LogP) is 0.908. The molecule has 15 heavy (non-hydrogen) atoms. The fraction of sp³-hybridized carbons (Fsp3) is 0.667. The van der Waals surface area contributed by atoms with E-state index in [2.05, 4.69) is 19.1 Å². The molecule has 0 aromatic carbocycles. The number of nitrogens with zero attached hydrogens (tertiary/aromatic N) is 2. The van der Waals surface area contributed by atoms with Crippen LogP contribution in [0.1, 0.15) is 19.8 Å². The van der Waals surface area contributed by atoms with Crippen LogP contribution in [0.5, 0.6) is 0 Å². The Morgan fingerprint density at radius 1 is 1.40 bits per heavy atom. The molecule has 0 atom stereocenters. The Labute approximate surface area is 91.5 Å². The second kappa shape index (κ2) is 5.99. The van der Waals surface area contributed by atoms with Gasteiger partial charge in [0, 0.05) is 5.75 Å². The number of aliphatic imine (C=N–C) groups is 1. The van der Waals surface area contributed by atoms with Crippen molar-refractivity contribution in [2.75, 3.05) is 19.8 Å². The molecule has 0 saturated heterocycles. The molecule has 0 unspecified atom stereocenters. The van der Waals surface area contributed by atoms with Gasteiger partial charge in [-0.1, -0.05) is 13.3 Å². The van der Waals surface area contributed by atoms with Crippen molar-refractivity contribution in [1.82, 2.24) is 0 Å². The van der Waals surface area contributed by atoms with Gasteiger partial charge in [-0.05, 0) is 6.42 Å². The zero-order chi connectivity index (χ0) is 11.9. The van der Waals surface area contributed by atoms with E-state index >= 15 is 0 Å². The number of quaternary nitrogens is 1. The van der Waals surface area contributed by atoms with Gasteiger partial charge in [-0.3, -0.25) is 4.48 Å². The summed E-state index contributed by atoms with van der Waals surface area (Å²) < 4.78 is 30.3. The second-order valence-corrected chi connectivity index (χ2v) is 5.33. The molecule has 0 fully saturated rings. The molecule has 5 nitrogen and oxygen atoms in total. The predicted molar refractivity (Wildman–Crippen MR) is 59.2 cm³/mol. The normalized spacial score (nSPS) is 17.3. The van der Waals surface area contributed by atoms with Gasteiger partial charge in [0.2, 0.25) is 0 Å². The van der Waals surface area contributed by atoms with E-state index in [1.54, 1.807) is 6.20 Å². The Hall–Kier alpha value is -0.720. The summed E-state index contributed by atoms with van der Waals surface area (Å²) in [7, 11) is 0.189. The average Bonchev–Trinajstić information content (AvgIpc) is 2.46. The molecular weight excluding hydrogens is 216 g/mol. The molecule has 0 spiro atoms. The van der Waals surface area contributed by atoms with Gasteiger partial charge >= 0.3 is 0 Å². The zero-order valence-corrected chi connectivity index (χ0v) is 10.2. The molecule has 1 aliphatic heterocycles. The lowest BCUT2D eigenvalue weighted by Crippen LogP contribution is -2.28. The molecule has 0 aromatic heterocycles. The number of hydrogen-bond donors (Lipinski definition) is 0. The first-order valence-corrected chi connectivity index (χ1v) is 6.33. The van der Waals surface area contributed by atoms with Crippen molar-refractivity contribution in [3.63, 3.8) is 0 Å². The van der Waals surface area contributed by atoms with E-state index < -0.39 is 10.1 Å². The maximum absolute atomic E-state index is 9.83. The largest absolute Gasteiger partial charge is 0.748 e. The van der Waals surface area contributed by atoms with Crippen molar-refractivity contribution in [2.24, 2.45) is 4.99 Å².